The van der Waals surface area contributed by atoms with E-state index in [0.717, 1.165) is 12.0 Å². The third-order valence-corrected chi connectivity index (χ3v) is 2.93. The Morgan fingerprint density at radius 3 is 2.91 bits per heavy atom. The fourth-order valence-corrected chi connectivity index (χ4v) is 1.94. The molecule has 1 aliphatic heterocycles. The molecule has 0 aromatic heterocycles. The molecule has 0 spiro atoms. The quantitative estimate of drug-likeness (QED) is 0.629. The molecule has 0 radical (unpaired) electrons. The van der Waals surface area contributed by atoms with Crippen LogP contribution in [-0.4, -0.2) is 37.1 Å². The molecule has 2 rings (SSSR count). The van der Waals surface area contributed by atoms with Gasteiger partial charge in [-0.15, -0.1) is 0 Å². The summed E-state index contributed by atoms with van der Waals surface area (Å²) in [5.41, 5.74) is 0. The minimum Gasteiger partial charge on any atom is -0.311 e. The number of nitrogens with one attached hydrogen (secondary N) is 1. The highest BCUT2D eigenvalue weighted by atomic mass is 15.2. The van der Waals surface area contributed by atoms with Crippen molar-refractivity contribution in [2.45, 2.75) is 25.8 Å². The van der Waals surface area contributed by atoms with Crippen LogP contribution in [-0.2, 0) is 0 Å². The fourth-order valence-electron chi connectivity index (χ4n) is 1.94. The Morgan fingerprint density at radius 2 is 2.27 bits per heavy atom. The molecule has 0 aromatic rings. The average Bonchev–Trinajstić information content (AvgIpc) is 2.87. The zero-order chi connectivity index (χ0) is 7.68. The van der Waals surface area contributed by atoms with E-state index in [4.69, 9.17) is 0 Å². The molecule has 2 heteroatoms. The molecule has 0 aromatic carbocycles. The van der Waals surface area contributed by atoms with Gasteiger partial charge in [-0.3, -0.25) is 0 Å². The molecule has 64 valence electrons. The van der Waals surface area contributed by atoms with Gasteiger partial charge in [0.2, 0.25) is 0 Å². The Labute approximate surface area is 69.0 Å². The van der Waals surface area contributed by atoms with Crippen LogP contribution in [0.4, 0.5) is 0 Å². The van der Waals surface area contributed by atoms with Crippen LogP contribution in [0.2, 0.25) is 0 Å². The summed E-state index contributed by atoms with van der Waals surface area (Å²) >= 11 is 0. The molecule has 1 aliphatic carbocycles. The van der Waals surface area contributed by atoms with Crippen LogP contribution in [0.1, 0.15) is 19.8 Å². The zero-order valence-electron chi connectivity index (χ0n) is 7.34. The molecule has 1 heterocycles. The summed E-state index contributed by atoms with van der Waals surface area (Å²) in [5.74, 6) is 1.02. The van der Waals surface area contributed by atoms with Gasteiger partial charge in [0.1, 0.15) is 0 Å². The van der Waals surface area contributed by atoms with E-state index in [0.29, 0.717) is 0 Å². The highest BCUT2D eigenvalue weighted by Crippen LogP contribution is 2.33. The van der Waals surface area contributed by atoms with Crippen molar-refractivity contribution >= 4 is 0 Å². The second-order valence-electron chi connectivity index (χ2n) is 3.79. The minimum atomic E-state index is 0.823. The van der Waals surface area contributed by atoms with E-state index in [1.165, 1.54) is 39.0 Å². The Hall–Kier alpha value is -0.0800. The molecule has 1 atom stereocenters. The predicted molar refractivity (Wildman–Crippen MR) is 46.6 cm³/mol. The highest BCUT2D eigenvalue weighted by molar-refractivity contribution is 4.90. The van der Waals surface area contributed by atoms with Gasteiger partial charge in [0.05, 0.1) is 0 Å². The molecular weight excluding hydrogens is 136 g/mol. The lowest BCUT2D eigenvalue weighted by molar-refractivity contribution is 0.197. The first-order valence-corrected chi connectivity index (χ1v) is 4.86. The Bertz CT molecular complexity index is 132. The monoisotopic (exact) mass is 154 g/mol. The van der Waals surface area contributed by atoms with Gasteiger partial charge in [-0.1, -0.05) is 6.92 Å². The molecule has 0 unspecified atom stereocenters. The van der Waals surface area contributed by atoms with Crippen LogP contribution >= 0.6 is 0 Å². The first kappa shape index (κ1) is 7.56. The van der Waals surface area contributed by atoms with Crippen molar-refractivity contribution in [1.82, 2.24) is 10.2 Å². The van der Waals surface area contributed by atoms with Gasteiger partial charge in [-0.2, -0.15) is 0 Å². The highest BCUT2D eigenvalue weighted by Gasteiger charge is 2.33. The summed E-state index contributed by atoms with van der Waals surface area (Å²) in [7, 11) is 0. The lowest BCUT2D eigenvalue weighted by Crippen LogP contribution is -2.51. The number of rotatable bonds is 2. The maximum Gasteiger partial charge on any atom is 0.0223 e. The van der Waals surface area contributed by atoms with Crippen LogP contribution in [0.3, 0.4) is 0 Å². The molecule has 2 nitrogen and oxygen atoms in total. The van der Waals surface area contributed by atoms with E-state index in [1.807, 2.05) is 0 Å². The van der Waals surface area contributed by atoms with Gasteiger partial charge in [0.15, 0.2) is 0 Å². The van der Waals surface area contributed by atoms with Crippen LogP contribution < -0.4 is 5.32 Å². The molecule has 2 aliphatic rings. The number of piperazine rings is 1. The lowest BCUT2D eigenvalue weighted by Gasteiger charge is -2.32. The number of hydrogen-bond acceptors (Lipinski definition) is 2. The largest absolute Gasteiger partial charge is 0.311 e. The summed E-state index contributed by atoms with van der Waals surface area (Å²) in [6.07, 6.45) is 2.93. The van der Waals surface area contributed by atoms with Gasteiger partial charge < -0.3 is 10.2 Å². The normalized spacial score (nSPS) is 34.1. The second kappa shape index (κ2) is 3.11. The molecule has 1 saturated carbocycles. The lowest BCUT2D eigenvalue weighted by atomic mass is 10.1. The predicted octanol–water partition coefficient (Wildman–Crippen LogP) is 0.690. The van der Waals surface area contributed by atoms with Gasteiger partial charge in [-0.25, -0.2) is 0 Å². The van der Waals surface area contributed by atoms with Crippen molar-refractivity contribution < 1.29 is 0 Å². The van der Waals surface area contributed by atoms with Crippen molar-refractivity contribution in [2.75, 3.05) is 26.2 Å². The Kier molecular flexibility index (Phi) is 2.14. The number of hydrogen-bond donors (Lipinski definition) is 1. The summed E-state index contributed by atoms with van der Waals surface area (Å²) in [6, 6.07) is 0.823. The van der Waals surface area contributed by atoms with Crippen LogP contribution in [0.25, 0.3) is 0 Å². The molecular formula is C9H18N2. The van der Waals surface area contributed by atoms with E-state index in [1.54, 1.807) is 0 Å². The average molecular weight is 154 g/mol. The summed E-state index contributed by atoms with van der Waals surface area (Å²) in [5, 5.41) is 3.60. The standard InChI is InChI=1S/C9H18N2/c1-2-11-6-5-10-9(7-11)8-3-4-8/h8-10H,2-7H2,1H3/t9-/m0/s1. The van der Waals surface area contributed by atoms with E-state index < -0.39 is 0 Å². The van der Waals surface area contributed by atoms with Crippen molar-refractivity contribution in [2.24, 2.45) is 5.92 Å². The molecule has 1 N–H and O–H groups in total. The maximum atomic E-state index is 3.60. The van der Waals surface area contributed by atoms with E-state index in [2.05, 4.69) is 17.1 Å². The molecule has 2 fully saturated rings. The van der Waals surface area contributed by atoms with Gasteiger partial charge in [0.25, 0.3) is 0 Å². The third kappa shape index (κ3) is 1.74. The Balaban J connectivity index is 1.82. The van der Waals surface area contributed by atoms with Crippen molar-refractivity contribution in [3.63, 3.8) is 0 Å². The molecule has 0 amide bonds. The molecule has 1 saturated heterocycles. The van der Waals surface area contributed by atoms with Crippen molar-refractivity contribution in [1.29, 1.82) is 0 Å². The topological polar surface area (TPSA) is 15.3 Å². The van der Waals surface area contributed by atoms with Crippen LogP contribution in [0.15, 0.2) is 0 Å². The summed E-state index contributed by atoms with van der Waals surface area (Å²) in [6.45, 7) is 7.23. The van der Waals surface area contributed by atoms with Crippen molar-refractivity contribution in [3.8, 4) is 0 Å². The SMILES string of the molecule is CCN1CCN[C@H](C2CC2)C1. The Morgan fingerprint density at radius 1 is 1.45 bits per heavy atom. The van der Waals surface area contributed by atoms with E-state index in [9.17, 15) is 0 Å². The van der Waals surface area contributed by atoms with E-state index in [-0.39, 0.29) is 0 Å². The van der Waals surface area contributed by atoms with Gasteiger partial charge in [-0.05, 0) is 25.3 Å². The number of likely N-dealkylation sites (N-methyl/N-ethyl adjacent to an activating group) is 1. The van der Waals surface area contributed by atoms with Gasteiger partial charge >= 0.3 is 0 Å². The third-order valence-electron chi connectivity index (χ3n) is 2.93. The molecule has 11 heavy (non-hydrogen) atoms. The van der Waals surface area contributed by atoms with Crippen molar-refractivity contribution in [3.05, 3.63) is 0 Å². The summed E-state index contributed by atoms with van der Waals surface area (Å²) < 4.78 is 0. The first-order chi connectivity index (χ1) is 5.40. The van der Waals surface area contributed by atoms with E-state index >= 15 is 0 Å². The van der Waals surface area contributed by atoms with Crippen LogP contribution in [0.5, 0.6) is 0 Å². The summed E-state index contributed by atoms with van der Waals surface area (Å²) in [4.78, 5) is 2.56. The second-order valence-corrected chi connectivity index (χ2v) is 3.79. The van der Waals surface area contributed by atoms with Gasteiger partial charge in [0, 0.05) is 25.7 Å². The minimum absolute atomic E-state index is 0.823. The maximum absolute atomic E-state index is 3.60. The first-order valence-electron chi connectivity index (χ1n) is 4.86. The smallest absolute Gasteiger partial charge is 0.0223 e. The van der Waals surface area contributed by atoms with Crippen LogP contribution in [0, 0.1) is 5.92 Å². The number of nitrogens with zero attached hydrogens (tertiary/aromatic N) is 1. The molecule has 0 bridgehead atoms. The fraction of sp³-hybridized carbons (Fsp3) is 1.00. The zero-order valence-corrected chi connectivity index (χ0v) is 7.34.